The molecule has 1 atom stereocenters. The van der Waals surface area contributed by atoms with Crippen molar-refractivity contribution in [2.24, 2.45) is 0 Å². The minimum Gasteiger partial charge on any atom is -0.468 e. The molecule has 1 heterocycles. The molecule has 0 amide bonds. The van der Waals surface area contributed by atoms with Gasteiger partial charge in [-0.1, -0.05) is 0 Å². The van der Waals surface area contributed by atoms with E-state index in [1.807, 2.05) is 6.92 Å². The molecule has 1 aliphatic heterocycles. The summed E-state index contributed by atoms with van der Waals surface area (Å²) in [6.45, 7) is 8.31. The molecule has 1 N–H and O–H groups in total. The Bertz CT molecular complexity index is 326. The first kappa shape index (κ1) is 13.8. The zero-order valence-electron chi connectivity index (χ0n) is 12.1. The summed E-state index contributed by atoms with van der Waals surface area (Å²) >= 11 is 0. The first-order valence-electron chi connectivity index (χ1n) is 6.98. The minimum absolute atomic E-state index is 0.142. The Balaban J connectivity index is 2.06. The molecule has 0 aromatic rings. The van der Waals surface area contributed by atoms with Gasteiger partial charge in [0.25, 0.3) is 0 Å². The summed E-state index contributed by atoms with van der Waals surface area (Å²) < 4.78 is 4.99. The average Bonchev–Trinajstić information content (AvgIpc) is 3.04. The number of nitrogens with one attached hydrogen (secondary N) is 1. The molecule has 1 aliphatic carbocycles. The highest BCUT2D eigenvalue weighted by molar-refractivity contribution is 5.80. The van der Waals surface area contributed by atoms with E-state index in [0.717, 1.165) is 13.1 Å². The molecule has 0 bridgehead atoms. The Kier molecular flexibility index (Phi) is 3.70. The van der Waals surface area contributed by atoms with Crippen molar-refractivity contribution in [3.63, 3.8) is 0 Å². The summed E-state index contributed by atoms with van der Waals surface area (Å²) in [5, 5.41) is 3.47. The third-order valence-corrected chi connectivity index (χ3v) is 4.32. The molecular formula is C14H26N2O2. The second-order valence-electron chi connectivity index (χ2n) is 6.58. The normalized spacial score (nSPS) is 26.9. The van der Waals surface area contributed by atoms with Gasteiger partial charge in [-0.3, -0.25) is 15.0 Å². The fourth-order valence-electron chi connectivity index (χ4n) is 2.91. The molecule has 1 unspecified atom stereocenters. The predicted molar refractivity (Wildman–Crippen MR) is 71.5 cm³/mol. The van der Waals surface area contributed by atoms with Crippen molar-refractivity contribution >= 4 is 5.97 Å². The average molecular weight is 254 g/mol. The van der Waals surface area contributed by atoms with E-state index in [4.69, 9.17) is 4.74 Å². The molecule has 4 nitrogen and oxygen atoms in total. The van der Waals surface area contributed by atoms with Crippen LogP contribution in [0.5, 0.6) is 0 Å². The van der Waals surface area contributed by atoms with E-state index in [9.17, 15) is 4.79 Å². The van der Waals surface area contributed by atoms with Crippen LogP contribution in [0.15, 0.2) is 0 Å². The van der Waals surface area contributed by atoms with E-state index >= 15 is 0 Å². The second kappa shape index (κ2) is 4.82. The highest BCUT2D eigenvalue weighted by atomic mass is 16.5. The van der Waals surface area contributed by atoms with Crippen molar-refractivity contribution in [2.75, 3.05) is 20.2 Å². The molecule has 0 aromatic carbocycles. The van der Waals surface area contributed by atoms with E-state index in [1.165, 1.54) is 32.8 Å². The number of nitrogens with zero attached hydrogens (tertiary/aromatic N) is 1. The minimum atomic E-state index is -0.572. The highest BCUT2D eigenvalue weighted by Gasteiger charge is 2.44. The maximum Gasteiger partial charge on any atom is 0.327 e. The summed E-state index contributed by atoms with van der Waals surface area (Å²) in [6, 6.07) is 0.500. The van der Waals surface area contributed by atoms with Crippen molar-refractivity contribution in [1.82, 2.24) is 10.2 Å². The lowest BCUT2D eigenvalue weighted by Gasteiger charge is -2.38. The summed E-state index contributed by atoms with van der Waals surface area (Å²) in [7, 11) is 1.48. The number of ether oxygens (including phenoxy) is 1. The molecule has 0 spiro atoms. The Hall–Kier alpha value is -0.610. The van der Waals surface area contributed by atoms with Crippen LogP contribution in [0.2, 0.25) is 0 Å². The number of hydrogen-bond acceptors (Lipinski definition) is 4. The summed E-state index contributed by atoms with van der Waals surface area (Å²) in [5.74, 6) is -0.142. The number of carbonyl (C=O) groups is 1. The van der Waals surface area contributed by atoms with Gasteiger partial charge < -0.3 is 4.74 Å². The van der Waals surface area contributed by atoms with Crippen LogP contribution in [0.4, 0.5) is 0 Å². The molecule has 2 fully saturated rings. The Morgan fingerprint density at radius 1 is 1.50 bits per heavy atom. The molecule has 104 valence electrons. The number of carbonyl (C=O) groups excluding carboxylic acids is 1. The summed E-state index contributed by atoms with van der Waals surface area (Å²) in [5.41, 5.74) is -0.377. The fraction of sp³-hybridized carbons (Fsp3) is 0.929. The quantitative estimate of drug-likeness (QED) is 0.756. The van der Waals surface area contributed by atoms with Crippen molar-refractivity contribution in [2.45, 2.75) is 63.6 Å². The maximum atomic E-state index is 12.1. The summed E-state index contributed by atoms with van der Waals surface area (Å²) in [6.07, 6.45) is 4.77. The number of esters is 1. The molecule has 1 saturated carbocycles. The lowest BCUT2D eigenvalue weighted by Crippen LogP contribution is -2.60. The SMILES string of the molecule is COC(=O)C(C)(CN1CCCC1(C)C)NC1CC1. The first-order chi connectivity index (χ1) is 8.37. The standard InChI is InChI=1S/C14H26N2O2/c1-13(2)8-5-9-16(13)10-14(3,12(17)18-4)15-11-6-7-11/h11,15H,5-10H2,1-4H3. The lowest BCUT2D eigenvalue weighted by molar-refractivity contribution is -0.149. The van der Waals surface area contributed by atoms with E-state index in [1.54, 1.807) is 0 Å². The lowest BCUT2D eigenvalue weighted by atomic mass is 9.97. The number of likely N-dealkylation sites (tertiary alicyclic amines) is 1. The molecule has 18 heavy (non-hydrogen) atoms. The van der Waals surface area contributed by atoms with E-state index in [-0.39, 0.29) is 11.5 Å². The van der Waals surface area contributed by atoms with Crippen LogP contribution in [-0.4, -0.2) is 48.2 Å². The molecule has 0 aromatic heterocycles. The van der Waals surface area contributed by atoms with Crippen LogP contribution < -0.4 is 5.32 Å². The van der Waals surface area contributed by atoms with Crippen LogP contribution in [0.25, 0.3) is 0 Å². The molecule has 4 heteroatoms. The third-order valence-electron chi connectivity index (χ3n) is 4.32. The Morgan fingerprint density at radius 3 is 2.61 bits per heavy atom. The Labute approximate surface area is 110 Å². The van der Waals surface area contributed by atoms with Crippen molar-refractivity contribution < 1.29 is 9.53 Å². The van der Waals surface area contributed by atoms with E-state index in [0.29, 0.717) is 6.04 Å². The van der Waals surface area contributed by atoms with Crippen LogP contribution in [0.1, 0.15) is 46.5 Å². The third kappa shape index (κ3) is 2.86. The molecular weight excluding hydrogens is 228 g/mol. The van der Waals surface area contributed by atoms with Gasteiger partial charge in [0.05, 0.1) is 7.11 Å². The van der Waals surface area contributed by atoms with Crippen LogP contribution in [0.3, 0.4) is 0 Å². The first-order valence-corrected chi connectivity index (χ1v) is 6.98. The van der Waals surface area contributed by atoms with Gasteiger partial charge in [-0.2, -0.15) is 0 Å². The van der Waals surface area contributed by atoms with Gasteiger partial charge in [-0.05, 0) is 53.0 Å². The molecule has 1 saturated heterocycles. The second-order valence-corrected chi connectivity index (χ2v) is 6.58. The van der Waals surface area contributed by atoms with Crippen molar-refractivity contribution in [3.05, 3.63) is 0 Å². The van der Waals surface area contributed by atoms with Gasteiger partial charge in [0.15, 0.2) is 0 Å². The van der Waals surface area contributed by atoms with Crippen LogP contribution in [0, 0.1) is 0 Å². The zero-order chi connectivity index (χ0) is 13.4. The fourth-order valence-corrected chi connectivity index (χ4v) is 2.91. The van der Waals surface area contributed by atoms with Gasteiger partial charge >= 0.3 is 5.97 Å². The largest absolute Gasteiger partial charge is 0.468 e. The Morgan fingerprint density at radius 2 is 2.17 bits per heavy atom. The predicted octanol–water partition coefficient (Wildman–Crippen LogP) is 1.54. The van der Waals surface area contributed by atoms with Crippen LogP contribution in [-0.2, 0) is 9.53 Å². The summed E-state index contributed by atoms with van der Waals surface area (Å²) in [4.78, 5) is 14.5. The molecule has 2 rings (SSSR count). The monoisotopic (exact) mass is 254 g/mol. The van der Waals surface area contributed by atoms with Gasteiger partial charge in [-0.25, -0.2) is 0 Å². The maximum absolute atomic E-state index is 12.1. The number of rotatable bonds is 5. The van der Waals surface area contributed by atoms with Gasteiger partial charge in [-0.15, -0.1) is 0 Å². The van der Waals surface area contributed by atoms with Gasteiger partial charge in [0, 0.05) is 18.1 Å². The molecule has 0 radical (unpaired) electrons. The van der Waals surface area contributed by atoms with E-state index < -0.39 is 5.54 Å². The van der Waals surface area contributed by atoms with Crippen molar-refractivity contribution in [3.8, 4) is 0 Å². The topological polar surface area (TPSA) is 41.6 Å². The molecule has 2 aliphatic rings. The number of hydrogen-bond donors (Lipinski definition) is 1. The van der Waals surface area contributed by atoms with E-state index in [2.05, 4.69) is 24.1 Å². The number of methoxy groups -OCH3 is 1. The van der Waals surface area contributed by atoms with Crippen LogP contribution >= 0.6 is 0 Å². The zero-order valence-corrected chi connectivity index (χ0v) is 12.1. The highest BCUT2D eigenvalue weighted by Crippen LogP contribution is 2.31. The van der Waals surface area contributed by atoms with Gasteiger partial charge in [0.2, 0.25) is 0 Å². The van der Waals surface area contributed by atoms with Crippen molar-refractivity contribution in [1.29, 1.82) is 0 Å². The van der Waals surface area contributed by atoms with Gasteiger partial charge in [0.1, 0.15) is 5.54 Å². The smallest absolute Gasteiger partial charge is 0.327 e.